The maximum absolute atomic E-state index is 12.5. The third-order valence-electron chi connectivity index (χ3n) is 1.97. The van der Waals surface area contributed by atoms with E-state index in [4.69, 9.17) is 10.9 Å². The van der Waals surface area contributed by atoms with Crippen LogP contribution in [0, 0.1) is 0 Å². The molecule has 1 rings (SSSR count). The summed E-state index contributed by atoms with van der Waals surface area (Å²) in [5.41, 5.74) is 4.44. The van der Waals surface area contributed by atoms with Crippen LogP contribution in [0.2, 0.25) is 0 Å². The van der Waals surface area contributed by atoms with Crippen LogP contribution < -0.4 is 10.6 Å². The van der Waals surface area contributed by atoms with E-state index in [1.807, 2.05) is 0 Å². The van der Waals surface area contributed by atoms with E-state index < -0.39 is 11.9 Å². The molecule has 0 amide bonds. The van der Waals surface area contributed by atoms with Crippen molar-refractivity contribution in [2.75, 3.05) is 19.0 Å². The molecule has 0 aromatic carbocycles. The highest BCUT2D eigenvalue weighted by atomic mass is 19.4. The number of amidine groups is 1. The van der Waals surface area contributed by atoms with Gasteiger partial charge in [-0.1, -0.05) is 5.16 Å². The van der Waals surface area contributed by atoms with E-state index in [1.165, 1.54) is 19.0 Å². The van der Waals surface area contributed by atoms with E-state index in [0.29, 0.717) is 0 Å². The minimum absolute atomic E-state index is 0.0184. The molecule has 0 atom stereocenters. The minimum Gasteiger partial charge on any atom is -0.409 e. The lowest BCUT2D eigenvalue weighted by Gasteiger charge is -2.17. The second-order valence-corrected chi connectivity index (χ2v) is 3.45. The van der Waals surface area contributed by atoms with Gasteiger partial charge in [-0.25, -0.2) is 4.98 Å². The Kier molecular flexibility index (Phi) is 3.45. The fourth-order valence-corrected chi connectivity index (χ4v) is 1.20. The van der Waals surface area contributed by atoms with E-state index in [1.54, 1.807) is 0 Å². The van der Waals surface area contributed by atoms with E-state index in [0.717, 1.165) is 12.1 Å². The number of anilines is 1. The quantitative estimate of drug-likeness (QED) is 0.357. The number of oxime groups is 1. The Labute approximate surface area is 95.4 Å². The fraction of sp³-hybridized carbons (Fsp3) is 0.333. The number of hydrogen-bond donors (Lipinski definition) is 2. The van der Waals surface area contributed by atoms with Gasteiger partial charge in [-0.05, 0) is 12.1 Å². The summed E-state index contributed by atoms with van der Waals surface area (Å²) in [4.78, 5) is 4.79. The first kappa shape index (κ1) is 13.1. The van der Waals surface area contributed by atoms with E-state index in [9.17, 15) is 13.2 Å². The highest BCUT2D eigenvalue weighted by molar-refractivity contribution is 6.01. The average molecular weight is 248 g/mol. The van der Waals surface area contributed by atoms with Gasteiger partial charge < -0.3 is 15.8 Å². The molecule has 0 unspecified atom stereocenters. The van der Waals surface area contributed by atoms with Gasteiger partial charge in [-0.2, -0.15) is 13.2 Å². The SMILES string of the molecule is CN(C)c1nc(C(F)(F)F)ccc1C(N)=NO. The normalized spacial score (nSPS) is 12.6. The Balaban J connectivity index is 3.38. The van der Waals surface area contributed by atoms with Gasteiger partial charge in [0.15, 0.2) is 5.84 Å². The number of rotatable bonds is 2. The van der Waals surface area contributed by atoms with Gasteiger partial charge in [0, 0.05) is 14.1 Å². The zero-order valence-corrected chi connectivity index (χ0v) is 9.15. The van der Waals surface area contributed by atoms with Crippen LogP contribution in [0.1, 0.15) is 11.3 Å². The van der Waals surface area contributed by atoms with Crippen LogP contribution in [-0.2, 0) is 6.18 Å². The van der Waals surface area contributed by atoms with Crippen molar-refractivity contribution in [3.05, 3.63) is 23.4 Å². The van der Waals surface area contributed by atoms with Crippen LogP contribution >= 0.6 is 0 Å². The third-order valence-corrected chi connectivity index (χ3v) is 1.97. The summed E-state index contributed by atoms with van der Waals surface area (Å²) in [6, 6.07) is 1.89. The molecule has 1 aromatic heterocycles. The first-order valence-electron chi connectivity index (χ1n) is 4.51. The van der Waals surface area contributed by atoms with Gasteiger partial charge >= 0.3 is 6.18 Å². The minimum atomic E-state index is -4.53. The monoisotopic (exact) mass is 248 g/mol. The summed E-state index contributed by atoms with van der Waals surface area (Å²) >= 11 is 0. The Morgan fingerprint density at radius 1 is 1.41 bits per heavy atom. The highest BCUT2D eigenvalue weighted by Crippen LogP contribution is 2.30. The smallest absolute Gasteiger partial charge is 0.409 e. The Bertz CT molecular complexity index is 442. The molecule has 0 radical (unpaired) electrons. The van der Waals surface area contributed by atoms with E-state index in [-0.39, 0.29) is 17.2 Å². The lowest BCUT2D eigenvalue weighted by Crippen LogP contribution is -2.22. The molecular weight excluding hydrogens is 237 g/mol. The van der Waals surface area contributed by atoms with Crippen molar-refractivity contribution in [1.29, 1.82) is 0 Å². The molecule has 0 saturated carbocycles. The average Bonchev–Trinajstić information content (AvgIpc) is 2.25. The third kappa shape index (κ3) is 2.77. The fourth-order valence-electron chi connectivity index (χ4n) is 1.20. The number of nitrogens with two attached hydrogens (primary N) is 1. The molecule has 0 spiro atoms. The lowest BCUT2D eigenvalue weighted by atomic mass is 10.2. The van der Waals surface area contributed by atoms with Crippen molar-refractivity contribution in [3.8, 4) is 0 Å². The maximum Gasteiger partial charge on any atom is 0.433 e. The predicted molar refractivity (Wildman–Crippen MR) is 56.1 cm³/mol. The molecule has 0 saturated heterocycles. The molecule has 0 aliphatic carbocycles. The largest absolute Gasteiger partial charge is 0.433 e. The zero-order valence-electron chi connectivity index (χ0n) is 9.15. The van der Waals surface area contributed by atoms with Crippen LogP contribution in [0.5, 0.6) is 0 Å². The predicted octanol–water partition coefficient (Wildman–Crippen LogP) is 1.26. The molecule has 8 heteroatoms. The topological polar surface area (TPSA) is 74.7 Å². The lowest BCUT2D eigenvalue weighted by molar-refractivity contribution is -0.141. The van der Waals surface area contributed by atoms with Crippen LogP contribution in [0.4, 0.5) is 19.0 Å². The van der Waals surface area contributed by atoms with Crippen LogP contribution in [0.25, 0.3) is 0 Å². The van der Waals surface area contributed by atoms with Gasteiger partial charge in [0.25, 0.3) is 0 Å². The molecule has 17 heavy (non-hydrogen) atoms. The standard InChI is InChI=1S/C9H11F3N4O/c1-16(2)8-5(7(13)15-17)3-4-6(14-8)9(10,11)12/h3-4,17H,1-2H3,(H2,13,15). The van der Waals surface area contributed by atoms with Gasteiger partial charge in [0.1, 0.15) is 11.5 Å². The summed E-state index contributed by atoms with van der Waals surface area (Å²) in [5.74, 6) is -0.315. The molecule has 0 bridgehead atoms. The van der Waals surface area contributed by atoms with E-state index in [2.05, 4.69) is 10.1 Å². The molecule has 0 aliphatic heterocycles. The molecule has 5 nitrogen and oxygen atoms in total. The Morgan fingerprint density at radius 3 is 2.41 bits per heavy atom. The summed E-state index contributed by atoms with van der Waals surface area (Å²) in [6.07, 6.45) is -4.53. The number of aromatic nitrogens is 1. The second-order valence-electron chi connectivity index (χ2n) is 3.45. The van der Waals surface area contributed by atoms with Crippen molar-refractivity contribution in [1.82, 2.24) is 4.98 Å². The Hall–Kier alpha value is -1.99. The zero-order chi connectivity index (χ0) is 13.2. The molecule has 94 valence electrons. The van der Waals surface area contributed by atoms with Gasteiger partial charge in [0.2, 0.25) is 0 Å². The van der Waals surface area contributed by atoms with Crippen molar-refractivity contribution in [3.63, 3.8) is 0 Å². The number of hydrogen-bond acceptors (Lipinski definition) is 4. The van der Waals surface area contributed by atoms with Crippen LogP contribution in [-0.4, -0.2) is 30.1 Å². The van der Waals surface area contributed by atoms with Gasteiger partial charge in [-0.15, -0.1) is 0 Å². The number of nitrogens with zero attached hydrogens (tertiary/aromatic N) is 3. The van der Waals surface area contributed by atoms with Crippen molar-refractivity contribution in [2.45, 2.75) is 6.18 Å². The summed E-state index contributed by atoms with van der Waals surface area (Å²) < 4.78 is 37.4. The van der Waals surface area contributed by atoms with Crippen molar-refractivity contribution < 1.29 is 18.4 Å². The first-order chi connectivity index (χ1) is 7.77. The van der Waals surface area contributed by atoms with Crippen LogP contribution in [0.3, 0.4) is 0 Å². The van der Waals surface area contributed by atoms with Gasteiger partial charge in [0.05, 0.1) is 5.56 Å². The summed E-state index contributed by atoms with van der Waals surface area (Å²) in [5, 5.41) is 11.3. The van der Waals surface area contributed by atoms with Gasteiger partial charge in [-0.3, -0.25) is 0 Å². The molecule has 0 fully saturated rings. The van der Waals surface area contributed by atoms with Crippen molar-refractivity contribution in [2.24, 2.45) is 10.9 Å². The molecule has 1 aromatic rings. The molecule has 3 N–H and O–H groups in total. The second kappa shape index (κ2) is 4.48. The first-order valence-corrected chi connectivity index (χ1v) is 4.51. The number of alkyl halides is 3. The Morgan fingerprint density at radius 2 is 2.00 bits per heavy atom. The van der Waals surface area contributed by atoms with Crippen molar-refractivity contribution >= 4 is 11.7 Å². The summed E-state index contributed by atoms with van der Waals surface area (Å²) in [6.45, 7) is 0. The number of pyridine rings is 1. The van der Waals surface area contributed by atoms with Crippen LogP contribution in [0.15, 0.2) is 17.3 Å². The number of halogens is 3. The molecular formula is C9H11F3N4O. The molecule has 1 heterocycles. The summed E-state index contributed by atoms with van der Waals surface area (Å²) in [7, 11) is 3.02. The maximum atomic E-state index is 12.5. The van der Waals surface area contributed by atoms with E-state index >= 15 is 0 Å². The molecule has 0 aliphatic rings. The highest BCUT2D eigenvalue weighted by Gasteiger charge is 2.33.